The van der Waals surface area contributed by atoms with Crippen molar-refractivity contribution < 1.29 is 14.3 Å². The van der Waals surface area contributed by atoms with Gasteiger partial charge < -0.3 is 15.4 Å². The summed E-state index contributed by atoms with van der Waals surface area (Å²) in [6.45, 7) is 5.31. The first-order chi connectivity index (χ1) is 13.4. The van der Waals surface area contributed by atoms with E-state index in [9.17, 15) is 9.59 Å². The average Bonchev–Trinajstić information content (AvgIpc) is 2.67. The van der Waals surface area contributed by atoms with Crippen molar-refractivity contribution in [2.75, 3.05) is 18.5 Å². The lowest BCUT2D eigenvalue weighted by Crippen LogP contribution is -2.38. The fraction of sp³-hybridized carbons (Fsp3) is 0.364. The van der Waals surface area contributed by atoms with Gasteiger partial charge in [-0.25, -0.2) is 0 Å². The van der Waals surface area contributed by atoms with E-state index in [4.69, 9.17) is 16.3 Å². The van der Waals surface area contributed by atoms with Crippen molar-refractivity contribution in [1.29, 1.82) is 0 Å². The van der Waals surface area contributed by atoms with Crippen LogP contribution >= 0.6 is 11.6 Å². The number of hydrogen-bond acceptors (Lipinski definition) is 3. The van der Waals surface area contributed by atoms with Crippen LogP contribution in [-0.4, -0.2) is 25.0 Å². The first-order valence-corrected chi connectivity index (χ1v) is 9.90. The maximum absolute atomic E-state index is 12.4. The first-order valence-electron chi connectivity index (χ1n) is 9.52. The number of anilines is 1. The van der Waals surface area contributed by atoms with Crippen molar-refractivity contribution in [3.05, 3.63) is 58.6 Å². The van der Waals surface area contributed by atoms with Crippen molar-refractivity contribution in [2.24, 2.45) is 11.8 Å². The molecule has 1 heterocycles. The summed E-state index contributed by atoms with van der Waals surface area (Å²) in [6, 6.07) is 12.3. The fourth-order valence-electron chi connectivity index (χ4n) is 3.10. The molecule has 0 fully saturated rings. The van der Waals surface area contributed by atoms with E-state index in [2.05, 4.69) is 24.5 Å². The number of fused-ring (bicyclic) bond motifs is 1. The third kappa shape index (κ3) is 5.26. The highest BCUT2D eigenvalue weighted by molar-refractivity contribution is 6.31. The second-order valence-corrected chi connectivity index (χ2v) is 7.91. The molecule has 2 aromatic rings. The van der Waals surface area contributed by atoms with Gasteiger partial charge in [-0.1, -0.05) is 31.5 Å². The minimum absolute atomic E-state index is 0.0136. The van der Waals surface area contributed by atoms with Crippen LogP contribution in [0.4, 0.5) is 5.69 Å². The van der Waals surface area contributed by atoms with E-state index in [1.165, 1.54) is 0 Å². The smallest absolute Gasteiger partial charge is 0.255 e. The fourth-order valence-corrected chi connectivity index (χ4v) is 3.29. The number of nitrogens with one attached hydrogen (secondary N) is 2. The Labute approximate surface area is 170 Å². The molecule has 5 nitrogen and oxygen atoms in total. The van der Waals surface area contributed by atoms with Crippen molar-refractivity contribution in [2.45, 2.75) is 26.7 Å². The van der Waals surface area contributed by atoms with Gasteiger partial charge in [-0.2, -0.15) is 0 Å². The molecule has 0 aliphatic carbocycles. The molecule has 6 heteroatoms. The van der Waals surface area contributed by atoms with Crippen LogP contribution in [0.3, 0.4) is 0 Å². The van der Waals surface area contributed by atoms with Crippen LogP contribution in [0.2, 0.25) is 5.02 Å². The van der Waals surface area contributed by atoms with Gasteiger partial charge in [-0.15, -0.1) is 0 Å². The lowest BCUT2D eigenvalue weighted by Gasteiger charge is -2.25. The summed E-state index contributed by atoms with van der Waals surface area (Å²) in [5, 5.41) is 6.37. The van der Waals surface area contributed by atoms with Gasteiger partial charge in [0.1, 0.15) is 12.4 Å². The van der Waals surface area contributed by atoms with E-state index in [-0.39, 0.29) is 17.7 Å². The number of carbonyl (C=O) groups excluding carboxylic acids is 2. The van der Waals surface area contributed by atoms with Gasteiger partial charge in [0.15, 0.2) is 0 Å². The molecular weight excluding hydrogens is 376 g/mol. The Morgan fingerprint density at radius 1 is 1.21 bits per heavy atom. The number of hydrogen-bond donors (Lipinski definition) is 2. The molecule has 0 spiro atoms. The average molecular weight is 401 g/mol. The highest BCUT2D eigenvalue weighted by Crippen LogP contribution is 2.30. The zero-order chi connectivity index (χ0) is 20.1. The van der Waals surface area contributed by atoms with E-state index in [0.717, 1.165) is 17.7 Å². The molecule has 2 aromatic carbocycles. The summed E-state index contributed by atoms with van der Waals surface area (Å²) in [5.74, 6) is 0.863. The first kappa shape index (κ1) is 20.2. The number of carbonyl (C=O) groups is 2. The molecule has 0 radical (unpaired) electrons. The largest absolute Gasteiger partial charge is 0.492 e. The standard InChI is InChI=1S/C22H25ClN2O3/c1-14(2)8-9-24-21(26)17-10-16-12-19(6-7-20(16)28-13-17)25-22(27)15-4-3-5-18(23)11-15/h3-7,11-12,14,17H,8-10,13H2,1-2H3,(H,24,26)(H,25,27). The molecular formula is C22H25ClN2O3. The topological polar surface area (TPSA) is 67.4 Å². The van der Waals surface area contributed by atoms with Crippen molar-refractivity contribution in [3.8, 4) is 5.75 Å². The minimum atomic E-state index is -0.234. The summed E-state index contributed by atoms with van der Waals surface area (Å²) >= 11 is 5.95. The van der Waals surface area contributed by atoms with Crippen LogP contribution in [0.1, 0.15) is 36.2 Å². The van der Waals surface area contributed by atoms with Crippen molar-refractivity contribution in [3.63, 3.8) is 0 Å². The molecule has 0 bridgehead atoms. The summed E-state index contributed by atoms with van der Waals surface area (Å²) in [4.78, 5) is 24.8. The van der Waals surface area contributed by atoms with Gasteiger partial charge in [0.05, 0.1) is 5.92 Å². The Balaban J connectivity index is 1.64. The van der Waals surface area contributed by atoms with Gasteiger partial charge in [0.2, 0.25) is 5.91 Å². The van der Waals surface area contributed by atoms with Gasteiger partial charge in [0.25, 0.3) is 5.91 Å². The Bertz CT molecular complexity index is 867. The molecule has 3 rings (SSSR count). The quantitative estimate of drug-likeness (QED) is 0.759. The van der Waals surface area contributed by atoms with Crippen LogP contribution in [0, 0.1) is 11.8 Å². The summed E-state index contributed by atoms with van der Waals surface area (Å²) in [6.07, 6.45) is 1.54. The highest BCUT2D eigenvalue weighted by Gasteiger charge is 2.26. The van der Waals surface area contributed by atoms with Gasteiger partial charge in [-0.05, 0) is 60.7 Å². The maximum Gasteiger partial charge on any atom is 0.255 e. The summed E-state index contributed by atoms with van der Waals surface area (Å²) in [7, 11) is 0. The van der Waals surface area contributed by atoms with Gasteiger partial charge in [0, 0.05) is 22.8 Å². The highest BCUT2D eigenvalue weighted by atomic mass is 35.5. The number of halogens is 1. The molecule has 2 amide bonds. The predicted octanol–water partition coefficient (Wildman–Crippen LogP) is 4.31. The van der Waals surface area contributed by atoms with Crippen LogP contribution in [0.5, 0.6) is 5.75 Å². The Morgan fingerprint density at radius 2 is 2.04 bits per heavy atom. The predicted molar refractivity (Wildman–Crippen MR) is 111 cm³/mol. The van der Waals surface area contributed by atoms with E-state index < -0.39 is 0 Å². The normalized spacial score (nSPS) is 15.5. The zero-order valence-electron chi connectivity index (χ0n) is 16.1. The number of ether oxygens (including phenoxy) is 1. The minimum Gasteiger partial charge on any atom is -0.492 e. The van der Waals surface area contributed by atoms with Crippen molar-refractivity contribution in [1.82, 2.24) is 5.32 Å². The second kappa shape index (κ2) is 9.11. The summed E-state index contributed by atoms with van der Waals surface area (Å²) < 4.78 is 5.75. The molecule has 1 aliphatic rings. The van der Waals surface area contributed by atoms with E-state index in [0.29, 0.717) is 41.8 Å². The van der Waals surface area contributed by atoms with Gasteiger partial charge in [-0.3, -0.25) is 9.59 Å². The zero-order valence-corrected chi connectivity index (χ0v) is 16.9. The SMILES string of the molecule is CC(C)CCNC(=O)C1COc2ccc(NC(=O)c3cccc(Cl)c3)cc2C1. The van der Waals surface area contributed by atoms with Gasteiger partial charge >= 0.3 is 0 Å². The Kier molecular flexibility index (Phi) is 6.57. The molecule has 0 saturated heterocycles. The number of rotatable bonds is 6. The Hall–Kier alpha value is -2.53. The monoisotopic (exact) mass is 400 g/mol. The van der Waals surface area contributed by atoms with E-state index in [1.807, 2.05) is 12.1 Å². The molecule has 1 aliphatic heterocycles. The van der Waals surface area contributed by atoms with Crippen LogP contribution in [0.15, 0.2) is 42.5 Å². The maximum atomic E-state index is 12.4. The second-order valence-electron chi connectivity index (χ2n) is 7.47. The third-order valence-electron chi connectivity index (χ3n) is 4.70. The van der Waals surface area contributed by atoms with Crippen LogP contribution < -0.4 is 15.4 Å². The molecule has 1 unspecified atom stereocenters. The lowest BCUT2D eigenvalue weighted by atomic mass is 9.95. The Morgan fingerprint density at radius 3 is 2.79 bits per heavy atom. The number of benzene rings is 2. The molecule has 2 N–H and O–H groups in total. The van der Waals surface area contributed by atoms with E-state index >= 15 is 0 Å². The van der Waals surface area contributed by atoms with Crippen LogP contribution in [-0.2, 0) is 11.2 Å². The van der Waals surface area contributed by atoms with Crippen LogP contribution in [0.25, 0.3) is 0 Å². The van der Waals surface area contributed by atoms with E-state index in [1.54, 1.807) is 30.3 Å². The number of amides is 2. The molecule has 1 atom stereocenters. The lowest BCUT2D eigenvalue weighted by molar-refractivity contribution is -0.126. The molecule has 28 heavy (non-hydrogen) atoms. The molecule has 148 valence electrons. The molecule has 0 saturated carbocycles. The third-order valence-corrected chi connectivity index (χ3v) is 4.94. The summed E-state index contributed by atoms with van der Waals surface area (Å²) in [5.41, 5.74) is 2.07. The molecule has 0 aromatic heterocycles. The van der Waals surface area contributed by atoms with Crippen molar-refractivity contribution >= 4 is 29.1 Å².